The summed E-state index contributed by atoms with van der Waals surface area (Å²) >= 11 is 0. The quantitative estimate of drug-likeness (QED) is 0.537. The maximum Gasteiger partial charge on any atom is 0.260 e. The normalized spacial score (nSPS) is 10.8. The molecule has 9 nitrogen and oxygen atoms in total. The van der Waals surface area contributed by atoms with Crippen molar-refractivity contribution in [3.05, 3.63) is 71.4 Å². The smallest absolute Gasteiger partial charge is 0.260 e. The average Bonchev–Trinajstić information content (AvgIpc) is 3.28. The Bertz CT molecular complexity index is 1210. The lowest BCUT2D eigenvalue weighted by Gasteiger charge is -2.10. The second-order valence-electron chi connectivity index (χ2n) is 6.77. The molecule has 0 saturated carbocycles. The molecule has 1 amide bonds. The van der Waals surface area contributed by atoms with Gasteiger partial charge in [0.25, 0.3) is 5.91 Å². The van der Waals surface area contributed by atoms with Gasteiger partial charge in [0, 0.05) is 17.4 Å². The van der Waals surface area contributed by atoms with Crippen molar-refractivity contribution in [1.29, 1.82) is 0 Å². The van der Waals surface area contributed by atoms with Crippen molar-refractivity contribution in [2.45, 2.75) is 27.7 Å². The molecule has 4 aromatic rings. The molecule has 3 heterocycles. The summed E-state index contributed by atoms with van der Waals surface area (Å²) in [6, 6.07) is 8.74. The van der Waals surface area contributed by atoms with Gasteiger partial charge in [-0.05, 0) is 52.0 Å². The molecule has 30 heavy (non-hydrogen) atoms. The van der Waals surface area contributed by atoms with E-state index in [0.717, 1.165) is 11.4 Å². The minimum atomic E-state index is -0.288. The van der Waals surface area contributed by atoms with E-state index in [2.05, 4.69) is 25.4 Å². The monoisotopic (exact) mass is 404 g/mol. The topological polar surface area (TPSA) is 108 Å². The number of amides is 1. The molecule has 9 heteroatoms. The molecule has 0 radical (unpaired) electrons. The van der Waals surface area contributed by atoms with Gasteiger partial charge >= 0.3 is 0 Å². The Morgan fingerprint density at radius 2 is 1.87 bits per heavy atom. The molecule has 0 aliphatic heterocycles. The molecule has 0 aliphatic rings. The third-order valence-electron chi connectivity index (χ3n) is 4.63. The number of aryl methyl sites for hydroxylation is 3. The molecule has 0 bridgehead atoms. The Morgan fingerprint density at radius 3 is 2.50 bits per heavy atom. The number of carbonyl (C=O) groups is 1. The number of anilines is 1. The van der Waals surface area contributed by atoms with Crippen molar-refractivity contribution in [3.63, 3.8) is 0 Å². The van der Waals surface area contributed by atoms with Gasteiger partial charge in [-0.2, -0.15) is 4.98 Å². The molecule has 152 valence electrons. The van der Waals surface area contributed by atoms with E-state index < -0.39 is 0 Å². The van der Waals surface area contributed by atoms with Gasteiger partial charge in [0.2, 0.25) is 5.88 Å². The molecule has 1 N–H and O–H groups in total. The first-order chi connectivity index (χ1) is 14.4. The highest BCUT2D eigenvalue weighted by molar-refractivity contribution is 6.04. The largest absolute Gasteiger partial charge is 0.439 e. The van der Waals surface area contributed by atoms with Crippen molar-refractivity contribution >= 4 is 11.6 Å². The molecule has 0 saturated heterocycles. The summed E-state index contributed by atoms with van der Waals surface area (Å²) in [5.74, 6) is 2.44. The lowest BCUT2D eigenvalue weighted by molar-refractivity contribution is 0.102. The van der Waals surface area contributed by atoms with E-state index in [9.17, 15) is 4.79 Å². The summed E-state index contributed by atoms with van der Waals surface area (Å²) in [5.41, 5.74) is 2.95. The van der Waals surface area contributed by atoms with E-state index in [1.165, 1.54) is 6.20 Å². The second kappa shape index (κ2) is 7.78. The highest BCUT2D eigenvalue weighted by atomic mass is 16.5. The molecule has 0 unspecified atom stereocenters. The van der Waals surface area contributed by atoms with Gasteiger partial charge in [-0.1, -0.05) is 5.16 Å². The van der Waals surface area contributed by atoms with Crippen molar-refractivity contribution in [3.8, 4) is 17.4 Å². The third kappa shape index (κ3) is 3.90. The molecular formula is C21H20N6O3. The molecule has 1 aromatic carbocycles. The first-order valence-electron chi connectivity index (χ1n) is 9.28. The fourth-order valence-electron chi connectivity index (χ4n) is 2.87. The fraction of sp³-hybridized carbons (Fsp3) is 0.190. The number of hydrogen-bond donors (Lipinski definition) is 1. The molecule has 4 rings (SSSR count). The first kappa shape index (κ1) is 19.3. The summed E-state index contributed by atoms with van der Waals surface area (Å²) < 4.78 is 12.7. The average molecular weight is 404 g/mol. The Labute approximate surface area is 172 Å². The van der Waals surface area contributed by atoms with Crippen LogP contribution in [0.3, 0.4) is 0 Å². The number of benzene rings is 1. The maximum atomic E-state index is 12.2. The van der Waals surface area contributed by atoms with E-state index in [1.54, 1.807) is 50.5 Å². The minimum Gasteiger partial charge on any atom is -0.439 e. The summed E-state index contributed by atoms with van der Waals surface area (Å²) in [6.07, 6.45) is 3.12. The number of imidazole rings is 1. The number of aromatic nitrogens is 5. The van der Waals surface area contributed by atoms with Crippen molar-refractivity contribution in [2.75, 3.05) is 5.32 Å². The molecule has 0 aliphatic carbocycles. The lowest BCUT2D eigenvalue weighted by atomic mass is 10.2. The van der Waals surface area contributed by atoms with Gasteiger partial charge in [-0.3, -0.25) is 9.36 Å². The second-order valence-corrected chi connectivity index (χ2v) is 6.77. The summed E-state index contributed by atoms with van der Waals surface area (Å²) in [7, 11) is 0. The predicted octanol–water partition coefficient (Wildman–Crippen LogP) is 3.93. The van der Waals surface area contributed by atoms with Crippen LogP contribution in [0.5, 0.6) is 11.6 Å². The van der Waals surface area contributed by atoms with Crippen LogP contribution in [0, 0.1) is 27.7 Å². The van der Waals surface area contributed by atoms with Crippen LogP contribution in [-0.2, 0) is 0 Å². The third-order valence-corrected chi connectivity index (χ3v) is 4.63. The van der Waals surface area contributed by atoms with Crippen LogP contribution in [-0.4, -0.2) is 30.6 Å². The van der Waals surface area contributed by atoms with E-state index >= 15 is 0 Å². The lowest BCUT2D eigenvalue weighted by Crippen LogP contribution is -2.11. The highest BCUT2D eigenvalue weighted by Crippen LogP contribution is 2.24. The molecule has 3 aromatic heterocycles. The number of carbonyl (C=O) groups excluding carboxylic acids is 1. The zero-order valence-electron chi connectivity index (χ0n) is 17.0. The zero-order chi connectivity index (χ0) is 21.3. The van der Waals surface area contributed by atoms with Crippen LogP contribution in [0.15, 0.2) is 47.4 Å². The van der Waals surface area contributed by atoms with Crippen LogP contribution in [0.2, 0.25) is 0 Å². The predicted molar refractivity (Wildman–Crippen MR) is 109 cm³/mol. The van der Waals surface area contributed by atoms with Crippen molar-refractivity contribution < 1.29 is 14.1 Å². The Morgan fingerprint density at radius 1 is 1.10 bits per heavy atom. The van der Waals surface area contributed by atoms with Crippen LogP contribution in [0.1, 0.15) is 33.3 Å². The summed E-state index contributed by atoms with van der Waals surface area (Å²) in [5, 5.41) is 6.41. The highest BCUT2D eigenvalue weighted by Gasteiger charge is 2.13. The minimum absolute atomic E-state index is 0.288. The molecule has 0 spiro atoms. The van der Waals surface area contributed by atoms with Crippen LogP contribution in [0.4, 0.5) is 5.69 Å². The number of nitrogens with zero attached hydrogens (tertiary/aromatic N) is 5. The van der Waals surface area contributed by atoms with Crippen molar-refractivity contribution in [1.82, 2.24) is 24.7 Å². The number of hydrogen-bond acceptors (Lipinski definition) is 7. The van der Waals surface area contributed by atoms with Gasteiger partial charge in [-0.15, -0.1) is 0 Å². The molecular weight excluding hydrogens is 384 g/mol. The van der Waals surface area contributed by atoms with E-state index in [1.807, 2.05) is 18.4 Å². The van der Waals surface area contributed by atoms with E-state index in [-0.39, 0.29) is 5.91 Å². The first-order valence-corrected chi connectivity index (χ1v) is 9.28. The number of nitrogens with one attached hydrogen (secondary N) is 1. The Balaban J connectivity index is 1.50. The molecule has 0 atom stereocenters. The van der Waals surface area contributed by atoms with Crippen LogP contribution in [0.25, 0.3) is 5.82 Å². The Hall–Kier alpha value is -4.01. The van der Waals surface area contributed by atoms with Gasteiger partial charge in [0.05, 0.1) is 11.9 Å². The van der Waals surface area contributed by atoms with Crippen LogP contribution >= 0.6 is 0 Å². The SMILES string of the molecule is Cc1nc(Oc2ccc(NC(=O)c3cnoc3C)cc2)cc(-n2cnc(C)c2C)n1. The maximum absolute atomic E-state index is 12.2. The van der Waals surface area contributed by atoms with Crippen LogP contribution < -0.4 is 10.1 Å². The summed E-state index contributed by atoms with van der Waals surface area (Å²) in [6.45, 7) is 7.42. The molecule has 0 fully saturated rings. The van der Waals surface area contributed by atoms with E-state index in [0.29, 0.717) is 40.3 Å². The van der Waals surface area contributed by atoms with Gasteiger partial charge < -0.3 is 14.6 Å². The summed E-state index contributed by atoms with van der Waals surface area (Å²) in [4.78, 5) is 25.4. The zero-order valence-corrected chi connectivity index (χ0v) is 17.0. The van der Waals surface area contributed by atoms with E-state index in [4.69, 9.17) is 9.26 Å². The van der Waals surface area contributed by atoms with Crippen molar-refractivity contribution in [2.24, 2.45) is 0 Å². The van der Waals surface area contributed by atoms with Gasteiger partial charge in [-0.25, -0.2) is 9.97 Å². The standard InChI is InChI=1S/C21H20N6O3/c1-12-13(2)27(11-22-12)19-9-20(25-15(4)24-19)29-17-7-5-16(6-8-17)26-21(28)18-10-23-30-14(18)3/h5-11H,1-4H3,(H,26,28). The Kier molecular flexibility index (Phi) is 5.01. The van der Waals surface area contributed by atoms with Gasteiger partial charge in [0.15, 0.2) is 0 Å². The fourth-order valence-corrected chi connectivity index (χ4v) is 2.87. The van der Waals surface area contributed by atoms with Gasteiger partial charge in [0.1, 0.15) is 35.0 Å². The number of rotatable bonds is 5. The number of ether oxygens (including phenoxy) is 1.